The van der Waals surface area contributed by atoms with E-state index < -0.39 is 169 Å². The molecule has 5 saturated heterocycles. The molecule has 5 aliphatic heterocycles. The highest BCUT2D eigenvalue weighted by atomic mass is 31.2. The van der Waals surface area contributed by atoms with Crippen molar-refractivity contribution in [3.05, 3.63) is 110 Å². The average Bonchev–Trinajstić information content (AvgIpc) is 1.52. The van der Waals surface area contributed by atoms with Crippen LogP contribution < -0.4 is 27.8 Å². The van der Waals surface area contributed by atoms with Gasteiger partial charge in [0.2, 0.25) is 0 Å². The number of aromatic amines is 5. The van der Waals surface area contributed by atoms with E-state index in [9.17, 15) is 79.4 Å². The van der Waals surface area contributed by atoms with Gasteiger partial charge in [-0.3, -0.25) is 46.8 Å². The summed E-state index contributed by atoms with van der Waals surface area (Å²) in [7, 11) is 0. The minimum atomic E-state index is -1.36. The van der Waals surface area contributed by atoms with Crippen molar-refractivity contribution in [1.29, 1.82) is 0 Å². The van der Waals surface area contributed by atoms with Crippen molar-refractivity contribution in [2.75, 3.05) is 97.5 Å². The number of H-pyrrole nitrogens is 5. The van der Waals surface area contributed by atoms with Crippen molar-refractivity contribution in [3.63, 3.8) is 0 Å². The van der Waals surface area contributed by atoms with E-state index in [0.717, 1.165) is 54.6 Å². The maximum Gasteiger partial charge on any atom is 0.293 e. The summed E-state index contributed by atoms with van der Waals surface area (Å²) in [5, 5.41) is 105. The summed E-state index contributed by atoms with van der Waals surface area (Å²) < 4.78 is 51.7. The maximum atomic E-state index is 14.4. The molecule has 5 aliphatic rings. The molecule has 0 aromatic carbocycles. The van der Waals surface area contributed by atoms with Crippen molar-refractivity contribution in [2.45, 2.75) is 256 Å². The van der Waals surface area contributed by atoms with Gasteiger partial charge in [0.25, 0.3) is 33.9 Å². The van der Waals surface area contributed by atoms with Crippen LogP contribution in [-0.2, 0) is 42.9 Å². The van der Waals surface area contributed by atoms with Crippen molar-refractivity contribution >= 4 is 122 Å². The van der Waals surface area contributed by atoms with Crippen LogP contribution in [-0.4, -0.2) is 369 Å². The van der Waals surface area contributed by atoms with Crippen molar-refractivity contribution < 1.29 is 79.1 Å². The fraction of sp³-hybridized carbons (Fsp3) is 0.647. The van der Waals surface area contributed by atoms with Crippen LogP contribution in [0, 0.1) is 47.6 Å². The molecule has 10 aromatic rings. The van der Waals surface area contributed by atoms with Crippen LogP contribution in [0.25, 0.3) is 55.8 Å². The zero-order valence-electron chi connectivity index (χ0n) is 78.3. The molecule has 0 bridgehead atoms. The normalized spacial score (nSPS) is 26.6. The molecule has 15 rings (SSSR count). The number of ether oxygens (including phenoxy) is 5. The van der Waals surface area contributed by atoms with Gasteiger partial charge in [-0.15, -0.1) is 65.9 Å². The molecule has 5 fully saturated rings. The number of aryl methyl sites for hydroxylation is 9. The highest BCUT2D eigenvalue weighted by Crippen LogP contribution is 2.46. The molecule has 0 amide bonds. The number of halogens is 1. The van der Waals surface area contributed by atoms with Crippen molar-refractivity contribution in [3.8, 4) is 0 Å². The van der Waals surface area contributed by atoms with Gasteiger partial charge in [0.05, 0.1) is 30.5 Å². The van der Waals surface area contributed by atoms with Crippen LogP contribution in [0.3, 0.4) is 0 Å². The van der Waals surface area contributed by atoms with Gasteiger partial charge in [-0.2, -0.15) is 9.37 Å². The second-order valence-corrected chi connectivity index (χ2v) is 59.9. The number of rotatable bonds is 26. The Morgan fingerprint density at radius 3 is 0.809 bits per heavy atom. The van der Waals surface area contributed by atoms with E-state index in [1.54, 1.807) is 59.8 Å². The van der Waals surface area contributed by atoms with Gasteiger partial charge in [-0.05, 0) is 184 Å². The summed E-state index contributed by atoms with van der Waals surface area (Å²) in [6.45, 7) is 30.8. The largest absolute Gasteiger partial charge is 0.388 e. The van der Waals surface area contributed by atoms with E-state index in [2.05, 4.69) is 180 Å². The number of aromatic nitrogens is 20. The fourth-order valence-corrected chi connectivity index (χ4v) is 21.2. The second kappa shape index (κ2) is 41.6. The molecular weight excluding hydrogens is 1790 g/mol. The first kappa shape index (κ1) is 104. The van der Waals surface area contributed by atoms with E-state index >= 15 is 0 Å². The summed E-state index contributed by atoms with van der Waals surface area (Å²) in [6.07, 6.45) is 13.4. The number of aliphatic hydroxyl groups excluding tert-OH is 10. The molecule has 40 nitrogen and oxygen atoms in total. The summed E-state index contributed by atoms with van der Waals surface area (Å²) in [5.74, 6) is 4.48. The molecule has 15 N–H and O–H groups in total. The number of nitrogens with one attached hydrogen (secondary N) is 5. The first-order valence-corrected chi connectivity index (χ1v) is 59.3. The fourth-order valence-electron chi connectivity index (χ4n) is 16.5. The van der Waals surface area contributed by atoms with E-state index in [1.165, 1.54) is 0 Å². The highest BCUT2D eigenvalue weighted by Gasteiger charge is 2.51. The maximum absolute atomic E-state index is 14.4. The molecule has 0 spiro atoms. The highest BCUT2D eigenvalue weighted by molar-refractivity contribution is 7.73. The summed E-state index contributed by atoms with van der Waals surface area (Å²) >= 11 is 0. The summed E-state index contributed by atoms with van der Waals surface area (Å²) in [5.41, 5.74) is 0.267. The zero-order chi connectivity index (χ0) is 96.8. The predicted molar refractivity (Wildman–Crippen MR) is 518 cm³/mol. The average molecular weight is 1930 g/mol. The number of fused-ring (bicyclic) bond motifs is 5. The van der Waals surface area contributed by atoms with Gasteiger partial charge in [0.15, 0.2) is 87.0 Å². The lowest BCUT2D eigenvalue weighted by atomic mass is 10.1. The first-order valence-electron chi connectivity index (χ1n) is 44.0. The second-order valence-electron chi connectivity index (χ2n) is 38.3. The van der Waals surface area contributed by atoms with E-state index in [1.807, 2.05) is 13.8 Å². The molecule has 10 aromatic heterocycles. The van der Waals surface area contributed by atoms with Crippen LogP contribution in [0.4, 0.5) is 4.39 Å². The van der Waals surface area contributed by atoms with E-state index in [-0.39, 0.29) is 61.3 Å². The lowest BCUT2D eigenvalue weighted by molar-refractivity contribution is -0.0413. The van der Waals surface area contributed by atoms with Crippen LogP contribution in [0.1, 0.15) is 156 Å². The quantitative estimate of drug-likeness (QED) is 0.0269. The molecule has 46 heteroatoms. The van der Waals surface area contributed by atoms with E-state index in [4.69, 9.17) is 23.7 Å². The Kier molecular flexibility index (Phi) is 33.1. The van der Waals surface area contributed by atoms with Crippen LogP contribution >= 0.6 is 34.4 Å². The topological polar surface area (TPSA) is 566 Å². The third-order valence-corrected chi connectivity index (χ3v) is 30.6. The van der Waals surface area contributed by atoms with Gasteiger partial charge >= 0.3 is 0 Å². The Balaban J connectivity index is 0.000000158. The van der Waals surface area contributed by atoms with Gasteiger partial charge < -0.3 is 99.7 Å². The van der Waals surface area contributed by atoms with Gasteiger partial charge in [-0.25, -0.2) is 44.9 Å². The first-order chi connectivity index (χ1) is 61.0. The van der Waals surface area contributed by atoms with Crippen LogP contribution in [0.2, 0.25) is 0 Å². The molecule has 20 atom stereocenters. The molecule has 5 unspecified atom stereocenters. The molecule has 15 heterocycles. The molecule has 726 valence electrons. The Bertz CT molecular complexity index is 6200. The molecular formula is C85H134FN20O20P5. The molecule has 131 heavy (non-hydrogen) atoms. The molecule has 0 aliphatic carbocycles. The number of nitrogens with zero attached hydrogens (tertiary/aromatic N) is 15. The Labute approximate surface area is 758 Å². The molecule has 0 saturated carbocycles. The smallest absolute Gasteiger partial charge is 0.293 e. The van der Waals surface area contributed by atoms with Gasteiger partial charge in [-0.1, -0.05) is 27.2 Å². The van der Waals surface area contributed by atoms with E-state index in [0.29, 0.717) is 121 Å². The summed E-state index contributed by atoms with van der Waals surface area (Å²) in [4.78, 5) is 117. The minimum Gasteiger partial charge on any atom is -0.388 e. The standard InChI is InChI=1S/C19H31N4O4P.C18H29N4O4P.C17H27N4O4P.C16H25N4O4P.C15H22FN4O4P/c1-6-7-8-13-22-14-17(20-11(2)21-18(14)26)23(13)19-16(25)15(24)12(27-19)9-10-28(3,4)5;1-6-7-12-21-13-16(19-10(2)20-17(13)25)22(12)18-15(24)14(23)11(26-18)8-9-27(3,4)5;1-6-11-20-12-15(18-9(2)19-16(12)24)21(11)17-14(23)13(22)10(25-17)7-8-26(3,4)5;1-8-17-14-11(15(23)18-8)19-9(2)20(14)16-13(22)12(21)10(24-16)6-7-25(3,4)5;1-7-17-12-9(13(23)18-7)19-15(16)20(12)14-11(22)10(21)8(24-14)5-6-25(2,3)4/h12,15-16,19,24-25H,3,6-10H2,1-2,4-5H3,(H,20,21,26);11,14-15,18,23-24H,3,6-9H2,1-2,4-5H3,(H,19,20,25);10,13-14,17,22-23H,3,6-8H2,1-2,4-5H3,(H,18,19,24);10,12-13,16,21-22H,3,6-7H2,1-2,4-5H3,(H,17,18,23);8,10-11,14,21-22H,2,5-6H2,1,3-4H3,(H,17,18,23)/t12-,15-,16-,19?;11-,14-,15-,18?;10-,13-,14-,17?;10-,12-,13-,16?;8-,10-,11-,14?/m11111/s1. The summed E-state index contributed by atoms with van der Waals surface area (Å²) in [6, 6.07) is 0. The van der Waals surface area contributed by atoms with Crippen molar-refractivity contribution in [1.82, 2.24) is 97.6 Å². The Morgan fingerprint density at radius 2 is 0.542 bits per heavy atom. The van der Waals surface area contributed by atoms with Crippen LogP contribution in [0.15, 0.2) is 24.0 Å². The van der Waals surface area contributed by atoms with Crippen molar-refractivity contribution in [2.24, 2.45) is 0 Å². The zero-order valence-corrected chi connectivity index (χ0v) is 82.7. The third-order valence-electron chi connectivity index (χ3n) is 23.3. The number of hydrogen-bond acceptors (Lipinski definition) is 30. The SMILES string of the molecule is C=P(C)(C)CC[C@H]1OC(n2c(C)nc3c(=O)[nH]c(C)nc32)[C@H](O)[C@@H]1O.C=P(C)(C)CC[C@H]1OC(n2c(CC)nc3c(=O)[nH]c(C)nc32)[C@H](O)[C@@H]1O.C=P(C)(C)CC[C@H]1OC(n2c(CCC)nc3c(=O)[nH]c(C)nc32)[C@H](O)[C@@H]1O.C=P(C)(C)CC[C@H]1OC(n2c(CCCC)nc3c(=O)[nH]c(C)nc32)[C@H](O)[C@@H]1O.C=P(C)(C)CC[C@H]1OC(n2c(F)nc3c(=O)[nH]c(C)nc32)[C@H](O)[C@@H]1O. The number of imidazole rings is 5. The van der Waals surface area contributed by atoms with Gasteiger partial charge in [0, 0.05) is 19.3 Å². The Morgan fingerprint density at radius 1 is 0.313 bits per heavy atom. The predicted octanol–water partition coefficient (Wildman–Crippen LogP) is 4.04. The van der Waals surface area contributed by atoms with Gasteiger partial charge in [0.1, 0.15) is 113 Å². The lowest BCUT2D eigenvalue weighted by Crippen LogP contribution is -2.32. The molecule has 0 radical (unpaired) electrons. The number of hydrogen-bond donors (Lipinski definition) is 15. The number of aliphatic hydroxyl groups is 10. The third kappa shape index (κ3) is 24.2. The lowest BCUT2D eigenvalue weighted by Gasteiger charge is -2.20. The Hall–Kier alpha value is -7.42. The van der Waals surface area contributed by atoms with Crippen LogP contribution in [0.5, 0.6) is 0 Å². The monoisotopic (exact) mass is 1930 g/mol. The minimum absolute atomic E-state index is 0.0272. The number of unbranched alkanes of at least 4 members (excludes halogenated alkanes) is 1.